The Balaban J connectivity index is 3.09. The van der Waals surface area contributed by atoms with Gasteiger partial charge in [0.15, 0.2) is 0 Å². The van der Waals surface area contributed by atoms with Crippen LogP contribution in [0.3, 0.4) is 0 Å². The summed E-state index contributed by atoms with van der Waals surface area (Å²) in [6.45, 7) is 6.69. The Bertz CT molecular complexity index is 408. The molecule has 4 heteroatoms. The molecular weight excluding hydrogens is 254 g/mol. The molecule has 0 saturated heterocycles. The second-order valence-corrected chi connectivity index (χ2v) is 5.00. The molecular formula is C13H18ClNOS. The van der Waals surface area contributed by atoms with E-state index in [2.05, 4.69) is 6.92 Å². The highest BCUT2D eigenvalue weighted by Crippen LogP contribution is 2.34. The number of halogens is 1. The van der Waals surface area contributed by atoms with E-state index >= 15 is 0 Å². The molecule has 17 heavy (non-hydrogen) atoms. The van der Waals surface area contributed by atoms with Crippen molar-refractivity contribution in [2.24, 2.45) is 11.7 Å². The first-order chi connectivity index (χ1) is 7.97. The number of benzene rings is 1. The zero-order valence-corrected chi connectivity index (χ0v) is 11.9. The molecule has 94 valence electrons. The first-order valence-corrected chi connectivity index (χ1v) is 6.47. The van der Waals surface area contributed by atoms with E-state index in [1.807, 2.05) is 32.0 Å². The zero-order valence-electron chi connectivity index (χ0n) is 10.4. The van der Waals surface area contributed by atoms with Crippen LogP contribution in [-0.4, -0.2) is 11.6 Å². The summed E-state index contributed by atoms with van der Waals surface area (Å²) < 4.78 is 5.60. The van der Waals surface area contributed by atoms with Gasteiger partial charge in [-0.25, -0.2) is 0 Å². The fraction of sp³-hybridized carbons (Fsp3) is 0.462. The van der Waals surface area contributed by atoms with Gasteiger partial charge in [0.25, 0.3) is 0 Å². The van der Waals surface area contributed by atoms with Crippen LogP contribution in [-0.2, 0) is 0 Å². The lowest BCUT2D eigenvalue weighted by molar-refractivity contribution is 0.333. The third-order valence-corrected chi connectivity index (χ3v) is 3.57. The Morgan fingerprint density at radius 2 is 2.12 bits per heavy atom. The first kappa shape index (κ1) is 14.3. The molecule has 1 aromatic carbocycles. The maximum atomic E-state index is 6.03. The quantitative estimate of drug-likeness (QED) is 0.828. The van der Waals surface area contributed by atoms with Crippen molar-refractivity contribution in [2.75, 3.05) is 6.61 Å². The SMILES string of the molecule is CCOc1ccc(Cl)cc1C(C)C(C)C(N)=S. The summed E-state index contributed by atoms with van der Waals surface area (Å²) in [5.74, 6) is 1.16. The Kier molecular flexibility index (Phi) is 5.22. The molecule has 1 rings (SSSR count). The summed E-state index contributed by atoms with van der Waals surface area (Å²) >= 11 is 11.1. The van der Waals surface area contributed by atoms with E-state index in [0.717, 1.165) is 11.3 Å². The van der Waals surface area contributed by atoms with Crippen molar-refractivity contribution in [3.63, 3.8) is 0 Å². The van der Waals surface area contributed by atoms with Crippen LogP contribution < -0.4 is 10.5 Å². The number of hydrogen-bond donors (Lipinski definition) is 1. The van der Waals surface area contributed by atoms with Crippen LogP contribution in [0.25, 0.3) is 0 Å². The molecule has 0 fully saturated rings. The second-order valence-electron chi connectivity index (χ2n) is 4.09. The predicted molar refractivity (Wildman–Crippen MR) is 77.0 cm³/mol. The van der Waals surface area contributed by atoms with Gasteiger partial charge in [-0.1, -0.05) is 37.7 Å². The molecule has 0 aliphatic heterocycles. The molecule has 2 unspecified atom stereocenters. The van der Waals surface area contributed by atoms with E-state index in [1.54, 1.807) is 0 Å². The lowest BCUT2D eigenvalue weighted by Crippen LogP contribution is -2.23. The molecule has 0 spiro atoms. The minimum absolute atomic E-state index is 0.114. The van der Waals surface area contributed by atoms with Gasteiger partial charge in [0, 0.05) is 10.9 Å². The molecule has 0 saturated carbocycles. The van der Waals surface area contributed by atoms with E-state index in [9.17, 15) is 0 Å². The Labute approximate surface area is 113 Å². The van der Waals surface area contributed by atoms with E-state index in [1.165, 1.54) is 0 Å². The van der Waals surface area contributed by atoms with Gasteiger partial charge in [0.05, 0.1) is 11.6 Å². The largest absolute Gasteiger partial charge is 0.494 e. The highest BCUT2D eigenvalue weighted by molar-refractivity contribution is 7.80. The highest BCUT2D eigenvalue weighted by atomic mass is 35.5. The van der Waals surface area contributed by atoms with Gasteiger partial charge in [-0.3, -0.25) is 0 Å². The Hall–Kier alpha value is -0.800. The molecule has 2 N–H and O–H groups in total. The lowest BCUT2D eigenvalue weighted by Gasteiger charge is -2.22. The number of nitrogens with two attached hydrogens (primary N) is 1. The van der Waals surface area contributed by atoms with Crippen LogP contribution in [0.5, 0.6) is 5.75 Å². The minimum atomic E-state index is 0.114. The van der Waals surface area contributed by atoms with Crippen LogP contribution in [0.2, 0.25) is 5.02 Å². The second kappa shape index (κ2) is 6.22. The summed E-state index contributed by atoms with van der Waals surface area (Å²) in [7, 11) is 0. The molecule has 0 heterocycles. The fourth-order valence-electron chi connectivity index (χ4n) is 1.68. The number of rotatable bonds is 5. The van der Waals surface area contributed by atoms with Crippen molar-refractivity contribution in [1.82, 2.24) is 0 Å². The van der Waals surface area contributed by atoms with Crippen molar-refractivity contribution in [3.8, 4) is 5.75 Å². The van der Waals surface area contributed by atoms with Crippen molar-refractivity contribution >= 4 is 28.8 Å². The number of thiocarbonyl (C=S) groups is 1. The van der Waals surface area contributed by atoms with Gasteiger partial charge >= 0.3 is 0 Å². The fourth-order valence-corrected chi connectivity index (χ4v) is 2.06. The number of ether oxygens (including phenoxy) is 1. The molecule has 0 aliphatic rings. The van der Waals surface area contributed by atoms with Gasteiger partial charge in [-0.2, -0.15) is 0 Å². The monoisotopic (exact) mass is 271 g/mol. The van der Waals surface area contributed by atoms with Gasteiger partial charge in [-0.05, 0) is 36.6 Å². The van der Waals surface area contributed by atoms with Crippen molar-refractivity contribution < 1.29 is 4.74 Å². The maximum Gasteiger partial charge on any atom is 0.122 e. The van der Waals surface area contributed by atoms with Crippen molar-refractivity contribution in [3.05, 3.63) is 28.8 Å². The van der Waals surface area contributed by atoms with E-state index < -0.39 is 0 Å². The normalized spacial score (nSPS) is 14.1. The molecule has 0 aliphatic carbocycles. The van der Waals surface area contributed by atoms with Crippen LogP contribution in [0, 0.1) is 5.92 Å². The molecule has 2 atom stereocenters. The summed E-state index contributed by atoms with van der Waals surface area (Å²) in [4.78, 5) is 0.514. The smallest absolute Gasteiger partial charge is 0.122 e. The zero-order chi connectivity index (χ0) is 13.0. The minimum Gasteiger partial charge on any atom is -0.494 e. The van der Waals surface area contributed by atoms with Gasteiger partial charge < -0.3 is 10.5 Å². The van der Waals surface area contributed by atoms with Gasteiger partial charge in [0.1, 0.15) is 5.75 Å². The Morgan fingerprint density at radius 1 is 1.47 bits per heavy atom. The Morgan fingerprint density at radius 3 is 2.65 bits per heavy atom. The standard InChI is InChI=1S/C13H18ClNOS/c1-4-16-12-6-5-10(14)7-11(12)8(2)9(3)13(15)17/h5-9H,4H2,1-3H3,(H2,15,17). The molecule has 2 nitrogen and oxygen atoms in total. The van der Waals surface area contributed by atoms with E-state index in [4.69, 9.17) is 34.3 Å². The molecule has 0 radical (unpaired) electrons. The molecule has 0 bridgehead atoms. The summed E-state index contributed by atoms with van der Waals surface area (Å²) in [6, 6.07) is 5.64. The highest BCUT2D eigenvalue weighted by Gasteiger charge is 2.20. The third-order valence-electron chi connectivity index (χ3n) is 2.96. The van der Waals surface area contributed by atoms with Crippen LogP contribution in [0.1, 0.15) is 32.3 Å². The predicted octanol–water partition coefficient (Wildman–Crippen LogP) is 3.76. The lowest BCUT2D eigenvalue weighted by atomic mass is 9.88. The van der Waals surface area contributed by atoms with Gasteiger partial charge in [-0.15, -0.1) is 0 Å². The number of hydrogen-bond acceptors (Lipinski definition) is 2. The average molecular weight is 272 g/mol. The van der Waals surface area contributed by atoms with E-state index in [-0.39, 0.29) is 11.8 Å². The molecule has 0 amide bonds. The topological polar surface area (TPSA) is 35.2 Å². The average Bonchev–Trinajstić information content (AvgIpc) is 2.29. The summed E-state index contributed by atoms with van der Waals surface area (Å²) in [5.41, 5.74) is 6.75. The van der Waals surface area contributed by atoms with Crippen molar-refractivity contribution in [1.29, 1.82) is 0 Å². The third kappa shape index (κ3) is 3.58. The molecule has 0 aromatic heterocycles. The summed E-state index contributed by atoms with van der Waals surface area (Å²) in [5, 5.41) is 0.699. The van der Waals surface area contributed by atoms with Crippen LogP contribution in [0.4, 0.5) is 0 Å². The first-order valence-electron chi connectivity index (χ1n) is 5.69. The van der Waals surface area contributed by atoms with Crippen LogP contribution >= 0.6 is 23.8 Å². The van der Waals surface area contributed by atoms with Crippen LogP contribution in [0.15, 0.2) is 18.2 Å². The summed E-state index contributed by atoms with van der Waals surface area (Å²) in [6.07, 6.45) is 0. The maximum absolute atomic E-state index is 6.03. The van der Waals surface area contributed by atoms with Crippen molar-refractivity contribution in [2.45, 2.75) is 26.7 Å². The molecule has 1 aromatic rings. The van der Waals surface area contributed by atoms with Gasteiger partial charge in [0.2, 0.25) is 0 Å². The van der Waals surface area contributed by atoms with E-state index in [0.29, 0.717) is 16.6 Å².